The van der Waals surface area contributed by atoms with Crippen molar-refractivity contribution in [3.8, 4) is 11.5 Å². The molecule has 0 aliphatic rings. The second-order valence-corrected chi connectivity index (χ2v) is 6.29. The molecule has 1 aromatic heterocycles. The summed E-state index contributed by atoms with van der Waals surface area (Å²) in [5.74, 6) is -0.253. The van der Waals surface area contributed by atoms with Crippen LogP contribution in [0.3, 0.4) is 0 Å². The van der Waals surface area contributed by atoms with Crippen LogP contribution in [0.25, 0.3) is 0 Å². The van der Waals surface area contributed by atoms with Crippen LogP contribution in [-0.4, -0.2) is 25.2 Å². The minimum Gasteiger partial charge on any atom is -0.493 e. The quantitative estimate of drug-likeness (QED) is 0.297. The molecular weight excluding hydrogens is 372 g/mol. The molecule has 3 aromatic rings. The van der Waals surface area contributed by atoms with E-state index in [2.05, 4.69) is 10.5 Å². The van der Waals surface area contributed by atoms with Gasteiger partial charge in [-0.3, -0.25) is 4.79 Å². The molecule has 0 unspecified atom stereocenters. The fourth-order valence-corrected chi connectivity index (χ4v) is 2.69. The van der Waals surface area contributed by atoms with Crippen LogP contribution in [0.2, 0.25) is 0 Å². The average Bonchev–Trinajstić information content (AvgIpc) is 3.23. The number of furan rings is 1. The molecule has 1 heterocycles. The van der Waals surface area contributed by atoms with Crippen LogP contribution in [-0.2, 0) is 0 Å². The second-order valence-electron chi connectivity index (χ2n) is 6.29. The Kier molecular flexibility index (Phi) is 6.09. The highest BCUT2D eigenvalue weighted by Crippen LogP contribution is 2.28. The third-order valence-corrected chi connectivity index (χ3v) is 4.12. The summed E-state index contributed by atoms with van der Waals surface area (Å²) in [7, 11) is 1.46. The van der Waals surface area contributed by atoms with E-state index in [4.69, 9.17) is 13.9 Å². The van der Waals surface area contributed by atoms with Crippen LogP contribution in [0.5, 0.6) is 11.5 Å². The van der Waals surface area contributed by atoms with E-state index in [1.54, 1.807) is 30.3 Å². The van der Waals surface area contributed by atoms with Crippen LogP contribution in [0.15, 0.2) is 64.3 Å². The number of carbonyl (C=O) groups is 2. The van der Waals surface area contributed by atoms with E-state index in [-0.39, 0.29) is 17.4 Å². The van der Waals surface area contributed by atoms with Gasteiger partial charge in [0.2, 0.25) is 5.76 Å². The zero-order chi connectivity index (χ0) is 20.8. The first-order valence-electron chi connectivity index (χ1n) is 8.82. The Morgan fingerprint density at radius 3 is 2.59 bits per heavy atom. The summed E-state index contributed by atoms with van der Waals surface area (Å²) in [5, 5.41) is 3.99. The molecule has 1 N–H and O–H groups in total. The molecule has 0 radical (unpaired) electrons. The summed E-state index contributed by atoms with van der Waals surface area (Å²) in [4.78, 5) is 24.3. The second kappa shape index (κ2) is 8.88. The zero-order valence-electron chi connectivity index (χ0n) is 16.3. The van der Waals surface area contributed by atoms with Gasteiger partial charge in [-0.15, -0.1) is 0 Å². The van der Waals surface area contributed by atoms with E-state index in [1.165, 1.54) is 25.7 Å². The number of methoxy groups -OCH3 is 1. The molecule has 3 rings (SSSR count). The van der Waals surface area contributed by atoms with Gasteiger partial charge < -0.3 is 13.9 Å². The van der Waals surface area contributed by atoms with Crippen LogP contribution < -0.4 is 14.9 Å². The van der Waals surface area contributed by atoms with Gasteiger partial charge in [-0.05, 0) is 61.4 Å². The van der Waals surface area contributed by atoms with Crippen molar-refractivity contribution < 1.29 is 23.5 Å². The van der Waals surface area contributed by atoms with Gasteiger partial charge in [0.05, 0.1) is 19.6 Å². The van der Waals surface area contributed by atoms with E-state index in [9.17, 15) is 9.59 Å². The zero-order valence-corrected chi connectivity index (χ0v) is 16.3. The van der Waals surface area contributed by atoms with Gasteiger partial charge in [0.1, 0.15) is 0 Å². The fourth-order valence-electron chi connectivity index (χ4n) is 2.69. The number of aryl methyl sites for hydroxylation is 2. The molecule has 0 saturated heterocycles. The van der Waals surface area contributed by atoms with E-state index < -0.39 is 5.97 Å². The van der Waals surface area contributed by atoms with Crippen molar-refractivity contribution in [1.82, 2.24) is 5.43 Å². The van der Waals surface area contributed by atoms with Crippen molar-refractivity contribution in [3.05, 3.63) is 82.8 Å². The van der Waals surface area contributed by atoms with Crippen molar-refractivity contribution in [3.63, 3.8) is 0 Å². The standard InChI is InChI=1S/C22H20N2O5/c1-14-6-8-17(15(2)11-14)21(25)24-23-13-16-7-9-18(20(12-16)27-3)29-22(26)19-5-4-10-28-19/h4-13H,1-3H3,(H,24,25)/b23-13-. The first-order chi connectivity index (χ1) is 14.0. The lowest BCUT2D eigenvalue weighted by Gasteiger charge is -2.09. The minimum absolute atomic E-state index is 0.0896. The maximum Gasteiger partial charge on any atom is 0.379 e. The van der Waals surface area contributed by atoms with Crippen molar-refractivity contribution >= 4 is 18.1 Å². The molecule has 0 saturated carbocycles. The van der Waals surface area contributed by atoms with Crippen LogP contribution >= 0.6 is 0 Å². The van der Waals surface area contributed by atoms with Gasteiger partial charge in [-0.25, -0.2) is 10.2 Å². The molecule has 1 amide bonds. The Labute approximate surface area is 167 Å². The molecule has 7 heteroatoms. The Bertz CT molecular complexity index is 1060. The van der Waals surface area contributed by atoms with Gasteiger partial charge in [-0.2, -0.15) is 5.10 Å². The maximum atomic E-state index is 12.3. The first kappa shape index (κ1) is 19.9. The van der Waals surface area contributed by atoms with E-state index in [1.807, 2.05) is 26.0 Å². The largest absolute Gasteiger partial charge is 0.493 e. The predicted molar refractivity (Wildman–Crippen MR) is 108 cm³/mol. The number of ether oxygens (including phenoxy) is 2. The highest BCUT2D eigenvalue weighted by molar-refractivity contribution is 5.96. The van der Waals surface area contributed by atoms with Gasteiger partial charge in [-0.1, -0.05) is 17.7 Å². The summed E-state index contributed by atoms with van der Waals surface area (Å²) >= 11 is 0. The molecule has 7 nitrogen and oxygen atoms in total. The van der Waals surface area contributed by atoms with Crippen molar-refractivity contribution in [2.24, 2.45) is 5.10 Å². The summed E-state index contributed by atoms with van der Waals surface area (Å²) in [6.07, 6.45) is 2.86. The number of amides is 1. The number of esters is 1. The lowest BCUT2D eigenvalue weighted by atomic mass is 10.1. The number of hydrogen-bond acceptors (Lipinski definition) is 6. The third kappa shape index (κ3) is 4.90. The predicted octanol–water partition coefficient (Wildman–Crippen LogP) is 3.89. The number of hydrogen-bond donors (Lipinski definition) is 1. The Morgan fingerprint density at radius 2 is 1.90 bits per heavy atom. The van der Waals surface area contributed by atoms with Crippen molar-refractivity contribution in [1.29, 1.82) is 0 Å². The van der Waals surface area contributed by atoms with Crippen molar-refractivity contribution in [2.45, 2.75) is 13.8 Å². The van der Waals surface area contributed by atoms with Crippen LogP contribution in [0.1, 0.15) is 37.6 Å². The number of carbonyl (C=O) groups excluding carboxylic acids is 2. The van der Waals surface area contributed by atoms with Gasteiger partial charge in [0.15, 0.2) is 11.5 Å². The molecule has 0 aliphatic carbocycles. The van der Waals surface area contributed by atoms with Gasteiger partial charge >= 0.3 is 5.97 Å². The van der Waals surface area contributed by atoms with E-state index in [0.717, 1.165) is 11.1 Å². The molecule has 29 heavy (non-hydrogen) atoms. The summed E-state index contributed by atoms with van der Waals surface area (Å²) in [6.45, 7) is 3.84. The normalized spacial score (nSPS) is 10.7. The lowest BCUT2D eigenvalue weighted by Crippen LogP contribution is -2.18. The highest BCUT2D eigenvalue weighted by Gasteiger charge is 2.15. The van der Waals surface area contributed by atoms with Crippen molar-refractivity contribution in [2.75, 3.05) is 7.11 Å². The fraction of sp³-hybridized carbons (Fsp3) is 0.136. The van der Waals surface area contributed by atoms with Gasteiger partial charge in [0, 0.05) is 5.56 Å². The van der Waals surface area contributed by atoms with Gasteiger partial charge in [0.25, 0.3) is 5.91 Å². The number of nitrogens with one attached hydrogen (secondary N) is 1. The van der Waals surface area contributed by atoms with E-state index in [0.29, 0.717) is 16.9 Å². The molecule has 0 bridgehead atoms. The summed E-state index contributed by atoms with van der Waals surface area (Å²) in [5.41, 5.74) is 5.68. The molecule has 2 aromatic carbocycles. The molecule has 0 atom stereocenters. The van der Waals surface area contributed by atoms with Crippen LogP contribution in [0.4, 0.5) is 0 Å². The Balaban J connectivity index is 1.68. The number of hydrazone groups is 1. The number of rotatable bonds is 6. The smallest absolute Gasteiger partial charge is 0.379 e. The van der Waals surface area contributed by atoms with E-state index >= 15 is 0 Å². The molecule has 0 aliphatic heterocycles. The summed E-state index contributed by atoms with van der Waals surface area (Å²) < 4.78 is 15.6. The highest BCUT2D eigenvalue weighted by atomic mass is 16.6. The maximum absolute atomic E-state index is 12.3. The molecule has 0 spiro atoms. The summed E-state index contributed by atoms with van der Waals surface area (Å²) in [6, 6.07) is 13.6. The third-order valence-electron chi connectivity index (χ3n) is 4.12. The topological polar surface area (TPSA) is 90.1 Å². The monoisotopic (exact) mass is 392 g/mol. The Morgan fingerprint density at radius 1 is 1.07 bits per heavy atom. The molecular formula is C22H20N2O5. The minimum atomic E-state index is -0.629. The SMILES string of the molecule is COc1cc(/C=N\NC(=O)c2ccc(C)cc2C)ccc1OC(=O)c1ccco1. The molecule has 148 valence electrons. The first-order valence-corrected chi connectivity index (χ1v) is 8.82. The van der Waals surface area contributed by atoms with Crippen LogP contribution in [0, 0.1) is 13.8 Å². The average molecular weight is 392 g/mol. The number of nitrogens with zero attached hydrogens (tertiary/aromatic N) is 1. The molecule has 0 fully saturated rings. The lowest BCUT2D eigenvalue weighted by molar-refractivity contribution is 0.0696. The Hall–Kier alpha value is -3.87. The number of benzene rings is 2.